The molecule has 0 saturated heterocycles. The van der Waals surface area contributed by atoms with E-state index >= 15 is 0 Å². The van der Waals surface area contributed by atoms with E-state index in [0.717, 1.165) is 17.1 Å². The molecule has 7 nitrogen and oxygen atoms in total. The van der Waals surface area contributed by atoms with Crippen LogP contribution in [0.4, 0.5) is 0 Å². The Bertz CT molecular complexity index is 1140. The van der Waals surface area contributed by atoms with E-state index in [9.17, 15) is 9.59 Å². The maximum Gasteiger partial charge on any atom is 0.341 e. The quantitative estimate of drug-likeness (QED) is 0.349. The molecule has 0 unspecified atom stereocenters. The lowest BCUT2D eigenvalue weighted by atomic mass is 10.1. The van der Waals surface area contributed by atoms with Gasteiger partial charge in [0.1, 0.15) is 18.4 Å². The number of ketones is 1. The highest BCUT2D eigenvalue weighted by atomic mass is 35.5. The maximum atomic E-state index is 12.7. The van der Waals surface area contributed by atoms with Gasteiger partial charge in [-0.05, 0) is 44.2 Å². The molecule has 0 radical (unpaired) electrons. The summed E-state index contributed by atoms with van der Waals surface area (Å²) in [6.45, 7) is 4.38. The molecule has 0 atom stereocenters. The number of benzene rings is 1. The summed E-state index contributed by atoms with van der Waals surface area (Å²) in [7, 11) is 0. The van der Waals surface area contributed by atoms with Crippen LogP contribution in [-0.4, -0.2) is 41.1 Å². The molecule has 0 aliphatic carbocycles. The summed E-state index contributed by atoms with van der Waals surface area (Å²) in [5.74, 6) is 0.369. The van der Waals surface area contributed by atoms with Crippen molar-refractivity contribution in [1.29, 1.82) is 0 Å². The lowest BCUT2D eigenvalue weighted by molar-refractivity contribution is 0.0474. The van der Waals surface area contributed by atoms with E-state index < -0.39 is 12.6 Å². The number of hydrogen-bond donors (Lipinski definition) is 0. The fraction of sp³-hybridized carbons (Fsp3) is 0.227. The zero-order valence-corrected chi connectivity index (χ0v) is 17.2. The minimum Gasteiger partial charge on any atom is -0.486 e. The number of carbonyl (C=O) groups is 2. The zero-order chi connectivity index (χ0) is 21.3. The van der Waals surface area contributed by atoms with Crippen molar-refractivity contribution >= 4 is 23.4 Å². The first kappa shape index (κ1) is 20.0. The SMILES string of the molecule is Cc1cc(C(=O)COC(=O)c2cccnc2Cl)c(C)n1-c1ccc2c(c1)OCCO2. The van der Waals surface area contributed by atoms with E-state index in [-0.39, 0.29) is 16.5 Å². The van der Waals surface area contributed by atoms with Crippen LogP contribution in [0.2, 0.25) is 5.15 Å². The molecule has 0 bridgehead atoms. The van der Waals surface area contributed by atoms with Crippen LogP contribution in [0.15, 0.2) is 42.6 Å². The predicted molar refractivity (Wildman–Crippen MR) is 110 cm³/mol. The van der Waals surface area contributed by atoms with Gasteiger partial charge in [0.05, 0.1) is 5.56 Å². The van der Waals surface area contributed by atoms with E-state index in [1.165, 1.54) is 12.3 Å². The number of esters is 1. The average molecular weight is 427 g/mol. The van der Waals surface area contributed by atoms with Crippen LogP contribution in [0.1, 0.15) is 32.1 Å². The third-order valence-corrected chi connectivity index (χ3v) is 5.13. The lowest BCUT2D eigenvalue weighted by Gasteiger charge is -2.20. The first-order chi connectivity index (χ1) is 14.5. The molecule has 0 amide bonds. The van der Waals surface area contributed by atoms with Gasteiger partial charge in [0.15, 0.2) is 18.1 Å². The number of rotatable bonds is 5. The van der Waals surface area contributed by atoms with Crippen molar-refractivity contribution in [3.63, 3.8) is 0 Å². The molecule has 154 valence electrons. The van der Waals surface area contributed by atoms with Gasteiger partial charge in [-0.3, -0.25) is 4.79 Å². The van der Waals surface area contributed by atoms with Crippen molar-refractivity contribution in [3.8, 4) is 17.2 Å². The second kappa shape index (κ2) is 8.20. The fourth-order valence-electron chi connectivity index (χ4n) is 3.44. The highest BCUT2D eigenvalue weighted by Crippen LogP contribution is 2.33. The number of pyridine rings is 1. The number of aromatic nitrogens is 2. The molecule has 3 aromatic rings. The van der Waals surface area contributed by atoms with Gasteiger partial charge in [-0.25, -0.2) is 9.78 Å². The van der Waals surface area contributed by atoms with Crippen LogP contribution in [-0.2, 0) is 4.74 Å². The van der Waals surface area contributed by atoms with Crippen molar-refractivity contribution < 1.29 is 23.8 Å². The second-order valence-corrected chi connectivity index (χ2v) is 7.15. The first-order valence-corrected chi connectivity index (χ1v) is 9.73. The molecule has 8 heteroatoms. The van der Waals surface area contributed by atoms with Crippen LogP contribution >= 0.6 is 11.6 Å². The van der Waals surface area contributed by atoms with Gasteiger partial charge in [-0.15, -0.1) is 0 Å². The van der Waals surface area contributed by atoms with Gasteiger partial charge >= 0.3 is 5.97 Å². The van der Waals surface area contributed by atoms with Crippen molar-refractivity contribution in [1.82, 2.24) is 9.55 Å². The number of fused-ring (bicyclic) bond motifs is 1. The topological polar surface area (TPSA) is 79.7 Å². The van der Waals surface area contributed by atoms with E-state index in [1.54, 1.807) is 12.1 Å². The van der Waals surface area contributed by atoms with Gasteiger partial charge in [-0.1, -0.05) is 11.6 Å². The van der Waals surface area contributed by atoms with Crippen LogP contribution in [0.3, 0.4) is 0 Å². The van der Waals surface area contributed by atoms with Crippen molar-refractivity contribution in [3.05, 3.63) is 70.3 Å². The number of halogens is 1. The van der Waals surface area contributed by atoms with E-state index in [1.807, 2.05) is 36.6 Å². The monoisotopic (exact) mass is 426 g/mol. The molecule has 1 aliphatic heterocycles. The molecule has 30 heavy (non-hydrogen) atoms. The Labute approximate surface area is 178 Å². The third kappa shape index (κ3) is 3.76. The van der Waals surface area contributed by atoms with Gasteiger partial charge in [0.25, 0.3) is 0 Å². The van der Waals surface area contributed by atoms with Crippen LogP contribution < -0.4 is 9.47 Å². The number of nitrogens with zero attached hydrogens (tertiary/aromatic N) is 2. The van der Waals surface area contributed by atoms with E-state index in [4.69, 9.17) is 25.8 Å². The van der Waals surface area contributed by atoms with Crippen LogP contribution in [0, 0.1) is 13.8 Å². The van der Waals surface area contributed by atoms with Gasteiger partial charge < -0.3 is 18.8 Å². The largest absolute Gasteiger partial charge is 0.486 e. The molecular formula is C22H19ClN2O5. The molecule has 0 fully saturated rings. The number of carbonyl (C=O) groups excluding carboxylic acids is 2. The summed E-state index contributed by atoms with van der Waals surface area (Å²) in [4.78, 5) is 28.8. The number of Topliss-reactive ketones (excluding diaryl/α,β-unsaturated/α-hetero) is 1. The highest BCUT2D eigenvalue weighted by molar-refractivity contribution is 6.32. The minimum atomic E-state index is -0.693. The Hall–Kier alpha value is -3.32. The summed E-state index contributed by atoms with van der Waals surface area (Å²) in [5.41, 5.74) is 3.06. The molecule has 0 N–H and O–H groups in total. The number of ether oxygens (including phenoxy) is 3. The number of aryl methyl sites for hydroxylation is 1. The summed E-state index contributed by atoms with van der Waals surface area (Å²) >= 11 is 5.90. The Kier molecular flexibility index (Phi) is 5.46. The third-order valence-electron chi connectivity index (χ3n) is 4.83. The van der Waals surface area contributed by atoms with Gasteiger partial charge in [0, 0.05) is 34.9 Å². The predicted octanol–water partition coefficient (Wildman–Crippen LogP) is 3.95. The second-order valence-electron chi connectivity index (χ2n) is 6.79. The summed E-state index contributed by atoms with van der Waals surface area (Å²) in [6.07, 6.45) is 1.47. The molecular weight excluding hydrogens is 408 g/mol. The highest BCUT2D eigenvalue weighted by Gasteiger charge is 2.21. The molecule has 3 heterocycles. The summed E-state index contributed by atoms with van der Waals surface area (Å²) < 4.78 is 18.3. The van der Waals surface area contributed by atoms with Crippen molar-refractivity contribution in [2.45, 2.75) is 13.8 Å². The normalized spacial score (nSPS) is 12.5. The maximum absolute atomic E-state index is 12.7. The standard InChI is InChI=1S/C22H19ClN2O5/c1-13-10-17(18(26)12-30-22(27)16-4-3-7-24-21(16)23)14(2)25(13)15-5-6-19-20(11-15)29-9-8-28-19/h3-7,10-11H,8-9,12H2,1-2H3. The van der Waals surface area contributed by atoms with Crippen molar-refractivity contribution in [2.24, 2.45) is 0 Å². The molecule has 0 spiro atoms. The summed E-state index contributed by atoms with van der Waals surface area (Å²) in [5, 5.41) is 0.0340. The molecule has 1 aliphatic rings. The Balaban J connectivity index is 1.54. The summed E-state index contributed by atoms with van der Waals surface area (Å²) in [6, 6.07) is 10.5. The Morgan fingerprint density at radius 3 is 2.63 bits per heavy atom. The first-order valence-electron chi connectivity index (χ1n) is 9.35. The molecule has 2 aromatic heterocycles. The fourth-order valence-corrected chi connectivity index (χ4v) is 3.63. The van der Waals surface area contributed by atoms with Gasteiger partial charge in [-0.2, -0.15) is 0 Å². The Morgan fingerprint density at radius 2 is 1.87 bits per heavy atom. The van der Waals surface area contributed by atoms with E-state index in [2.05, 4.69) is 4.98 Å². The molecule has 0 saturated carbocycles. The zero-order valence-electron chi connectivity index (χ0n) is 16.5. The minimum absolute atomic E-state index is 0.0340. The number of hydrogen-bond acceptors (Lipinski definition) is 6. The van der Waals surface area contributed by atoms with E-state index in [0.29, 0.717) is 30.3 Å². The molecule has 4 rings (SSSR count). The average Bonchev–Trinajstić information content (AvgIpc) is 3.05. The lowest BCUT2D eigenvalue weighted by Crippen LogP contribution is -2.16. The van der Waals surface area contributed by atoms with Crippen molar-refractivity contribution in [2.75, 3.05) is 19.8 Å². The molecule has 1 aromatic carbocycles. The Morgan fingerprint density at radius 1 is 1.10 bits per heavy atom. The smallest absolute Gasteiger partial charge is 0.341 e. The van der Waals surface area contributed by atoms with Gasteiger partial charge in [0.2, 0.25) is 5.78 Å². The van der Waals surface area contributed by atoms with Crippen LogP contribution in [0.25, 0.3) is 5.69 Å². The van der Waals surface area contributed by atoms with Crippen LogP contribution in [0.5, 0.6) is 11.5 Å².